The average Bonchev–Trinajstić information content (AvgIpc) is 2.22. The molecule has 3 nitrogen and oxygen atoms in total. The van der Waals surface area contributed by atoms with Crippen LogP contribution >= 0.6 is 0 Å². The summed E-state index contributed by atoms with van der Waals surface area (Å²) in [6.07, 6.45) is 0. The van der Waals surface area contributed by atoms with Crippen LogP contribution in [0.25, 0.3) is 0 Å². The van der Waals surface area contributed by atoms with E-state index in [0.717, 1.165) is 18.2 Å². The lowest BCUT2D eigenvalue weighted by atomic mass is 9.93. The van der Waals surface area contributed by atoms with Crippen LogP contribution in [0.1, 0.15) is 19.4 Å². The van der Waals surface area contributed by atoms with Crippen molar-refractivity contribution in [1.29, 1.82) is 0 Å². The van der Waals surface area contributed by atoms with Gasteiger partial charge in [-0.25, -0.2) is 13.6 Å². The molecule has 5 heteroatoms. The molecule has 88 valence electrons. The number of benzene rings is 1. The van der Waals surface area contributed by atoms with Crippen molar-refractivity contribution in [3.8, 4) is 0 Å². The molecule has 0 fully saturated rings. The smallest absolute Gasteiger partial charge is 0.330 e. The molecule has 0 amide bonds. The third-order valence-electron chi connectivity index (χ3n) is 2.19. The first-order chi connectivity index (χ1) is 7.39. The van der Waals surface area contributed by atoms with Crippen molar-refractivity contribution in [2.75, 3.05) is 6.61 Å². The Labute approximate surface area is 92.2 Å². The predicted molar refractivity (Wildman–Crippen MR) is 54.5 cm³/mol. The summed E-state index contributed by atoms with van der Waals surface area (Å²) in [5, 5.41) is 0. The van der Waals surface area contributed by atoms with Crippen LogP contribution in [0, 0.1) is 11.6 Å². The monoisotopic (exact) mass is 229 g/mol. The van der Waals surface area contributed by atoms with Crippen LogP contribution in [-0.4, -0.2) is 12.6 Å². The fourth-order valence-electron chi connectivity index (χ4n) is 1.29. The zero-order valence-electron chi connectivity index (χ0n) is 9.09. The molecule has 1 unspecified atom stereocenters. The van der Waals surface area contributed by atoms with E-state index >= 15 is 0 Å². The van der Waals surface area contributed by atoms with Gasteiger partial charge in [0.2, 0.25) is 0 Å². The quantitative estimate of drug-likeness (QED) is 0.802. The highest BCUT2D eigenvalue weighted by molar-refractivity contribution is 5.81. The number of rotatable bonds is 3. The molecule has 0 aliphatic rings. The van der Waals surface area contributed by atoms with Crippen molar-refractivity contribution in [3.05, 3.63) is 35.4 Å². The summed E-state index contributed by atoms with van der Waals surface area (Å²) in [5.74, 6) is -2.18. The molecule has 0 radical (unpaired) electrons. The normalized spacial score (nSPS) is 14.3. The number of hydrogen-bond acceptors (Lipinski definition) is 3. The highest BCUT2D eigenvalue weighted by Gasteiger charge is 2.35. The van der Waals surface area contributed by atoms with Crippen molar-refractivity contribution in [1.82, 2.24) is 0 Å². The fourth-order valence-corrected chi connectivity index (χ4v) is 1.29. The van der Waals surface area contributed by atoms with Gasteiger partial charge in [0.05, 0.1) is 6.61 Å². The van der Waals surface area contributed by atoms with E-state index in [-0.39, 0.29) is 12.2 Å². The van der Waals surface area contributed by atoms with Crippen molar-refractivity contribution >= 4 is 5.97 Å². The van der Waals surface area contributed by atoms with E-state index in [9.17, 15) is 13.6 Å². The summed E-state index contributed by atoms with van der Waals surface area (Å²) < 4.78 is 31.1. The van der Waals surface area contributed by atoms with Crippen LogP contribution < -0.4 is 5.73 Å². The van der Waals surface area contributed by atoms with E-state index < -0.39 is 23.1 Å². The van der Waals surface area contributed by atoms with E-state index in [2.05, 4.69) is 0 Å². The number of nitrogens with two attached hydrogens (primary N) is 1. The lowest BCUT2D eigenvalue weighted by Crippen LogP contribution is -2.44. The zero-order valence-corrected chi connectivity index (χ0v) is 9.09. The third kappa shape index (κ3) is 2.36. The van der Waals surface area contributed by atoms with Crippen LogP contribution in [0.5, 0.6) is 0 Å². The Morgan fingerprint density at radius 1 is 1.50 bits per heavy atom. The van der Waals surface area contributed by atoms with Gasteiger partial charge in [0.15, 0.2) is 0 Å². The Morgan fingerprint density at radius 3 is 2.69 bits per heavy atom. The Bertz CT molecular complexity index is 405. The van der Waals surface area contributed by atoms with Crippen molar-refractivity contribution in [3.63, 3.8) is 0 Å². The standard InChI is InChI=1S/C11H13F2NO2/c1-3-16-10(15)11(2,14)8-6-7(12)4-5-9(8)13/h4-6H,3,14H2,1-2H3. The summed E-state index contributed by atoms with van der Waals surface area (Å²) in [4.78, 5) is 11.5. The van der Waals surface area contributed by atoms with Gasteiger partial charge < -0.3 is 10.5 Å². The molecule has 0 saturated carbocycles. The SMILES string of the molecule is CCOC(=O)C(C)(N)c1cc(F)ccc1F. The lowest BCUT2D eigenvalue weighted by molar-refractivity contribution is -0.149. The lowest BCUT2D eigenvalue weighted by Gasteiger charge is -2.23. The highest BCUT2D eigenvalue weighted by Crippen LogP contribution is 2.23. The molecule has 1 rings (SSSR count). The van der Waals surface area contributed by atoms with Gasteiger partial charge in [0, 0.05) is 5.56 Å². The topological polar surface area (TPSA) is 52.3 Å². The van der Waals surface area contributed by atoms with Crippen molar-refractivity contribution in [2.45, 2.75) is 19.4 Å². The molecule has 16 heavy (non-hydrogen) atoms. The summed E-state index contributed by atoms with van der Waals surface area (Å²) in [5.41, 5.74) is 3.75. The molecule has 0 bridgehead atoms. The highest BCUT2D eigenvalue weighted by atomic mass is 19.1. The summed E-state index contributed by atoms with van der Waals surface area (Å²) in [7, 11) is 0. The number of hydrogen-bond donors (Lipinski definition) is 1. The number of carbonyl (C=O) groups excluding carboxylic acids is 1. The molecule has 0 aliphatic carbocycles. The van der Waals surface area contributed by atoms with Gasteiger partial charge in [0.1, 0.15) is 17.2 Å². The Balaban J connectivity index is 3.15. The first-order valence-corrected chi connectivity index (χ1v) is 4.81. The molecule has 0 aliphatic heterocycles. The minimum absolute atomic E-state index is 0.128. The molecule has 0 saturated heterocycles. The molecule has 0 aromatic heterocycles. The van der Waals surface area contributed by atoms with Gasteiger partial charge in [0.25, 0.3) is 0 Å². The Kier molecular flexibility index (Phi) is 3.59. The fraction of sp³-hybridized carbons (Fsp3) is 0.364. The van der Waals surface area contributed by atoms with E-state index in [4.69, 9.17) is 10.5 Å². The molecule has 0 heterocycles. The van der Waals surface area contributed by atoms with Gasteiger partial charge >= 0.3 is 5.97 Å². The van der Waals surface area contributed by atoms with Crippen molar-refractivity contribution in [2.24, 2.45) is 5.73 Å². The average molecular weight is 229 g/mol. The minimum atomic E-state index is -1.69. The molecule has 0 spiro atoms. The van der Waals surface area contributed by atoms with Crippen molar-refractivity contribution < 1.29 is 18.3 Å². The molecule has 1 aromatic carbocycles. The number of halogens is 2. The van der Waals surface area contributed by atoms with Gasteiger partial charge in [-0.05, 0) is 32.0 Å². The second-order valence-corrected chi connectivity index (χ2v) is 3.55. The van der Waals surface area contributed by atoms with Crippen LogP contribution in [0.3, 0.4) is 0 Å². The first-order valence-electron chi connectivity index (χ1n) is 4.81. The van der Waals surface area contributed by atoms with E-state index in [0.29, 0.717) is 0 Å². The van der Waals surface area contributed by atoms with E-state index in [1.807, 2.05) is 0 Å². The molecular formula is C11H13F2NO2. The van der Waals surface area contributed by atoms with Gasteiger partial charge in [-0.2, -0.15) is 0 Å². The second-order valence-electron chi connectivity index (χ2n) is 3.55. The maximum Gasteiger partial charge on any atom is 0.330 e. The van der Waals surface area contributed by atoms with Gasteiger partial charge in [-0.3, -0.25) is 0 Å². The maximum absolute atomic E-state index is 13.4. The van der Waals surface area contributed by atoms with Gasteiger partial charge in [-0.1, -0.05) is 0 Å². The summed E-state index contributed by atoms with van der Waals surface area (Å²) >= 11 is 0. The first kappa shape index (κ1) is 12.6. The summed E-state index contributed by atoms with van der Waals surface area (Å²) in [6.45, 7) is 3.02. The van der Waals surface area contributed by atoms with Crippen LogP contribution in [0.2, 0.25) is 0 Å². The molecular weight excluding hydrogens is 216 g/mol. The van der Waals surface area contributed by atoms with Crippen LogP contribution in [0.4, 0.5) is 8.78 Å². The number of esters is 1. The maximum atomic E-state index is 13.4. The predicted octanol–water partition coefficient (Wildman–Crippen LogP) is 1.70. The van der Waals surface area contributed by atoms with E-state index in [1.54, 1.807) is 6.92 Å². The largest absolute Gasteiger partial charge is 0.464 e. The number of carbonyl (C=O) groups is 1. The summed E-state index contributed by atoms with van der Waals surface area (Å²) in [6, 6.07) is 2.78. The Hall–Kier alpha value is -1.49. The third-order valence-corrected chi connectivity index (χ3v) is 2.19. The number of ether oxygens (including phenoxy) is 1. The van der Waals surface area contributed by atoms with Crippen LogP contribution in [0.15, 0.2) is 18.2 Å². The molecule has 2 N–H and O–H groups in total. The Morgan fingerprint density at radius 2 is 2.12 bits per heavy atom. The minimum Gasteiger partial charge on any atom is -0.464 e. The van der Waals surface area contributed by atoms with E-state index in [1.165, 1.54) is 6.92 Å². The molecule has 1 atom stereocenters. The second kappa shape index (κ2) is 4.57. The van der Waals surface area contributed by atoms with Crippen LogP contribution in [-0.2, 0) is 15.1 Å². The molecule has 1 aromatic rings. The van der Waals surface area contributed by atoms with Gasteiger partial charge in [-0.15, -0.1) is 0 Å². The zero-order chi connectivity index (χ0) is 12.3.